The predicted octanol–water partition coefficient (Wildman–Crippen LogP) is 3.54. The normalized spacial score (nSPS) is 11.2. The molecule has 0 aliphatic carbocycles. The van der Waals surface area contributed by atoms with Crippen molar-refractivity contribution in [2.45, 2.75) is 6.92 Å². The van der Waals surface area contributed by atoms with Gasteiger partial charge in [-0.15, -0.1) is 0 Å². The summed E-state index contributed by atoms with van der Waals surface area (Å²) in [5.74, 6) is 0.0108. The number of carbonyl (C=O) groups is 1. The van der Waals surface area contributed by atoms with E-state index in [1.165, 1.54) is 8.92 Å². The van der Waals surface area contributed by atoms with Crippen molar-refractivity contribution in [3.63, 3.8) is 0 Å². The van der Waals surface area contributed by atoms with Gasteiger partial charge in [0.1, 0.15) is 0 Å². The first-order chi connectivity index (χ1) is 12.2. The van der Waals surface area contributed by atoms with Crippen LogP contribution in [0.25, 0.3) is 0 Å². The van der Waals surface area contributed by atoms with Crippen LogP contribution in [-0.2, 0) is 0 Å². The third-order valence-corrected chi connectivity index (χ3v) is 5.87. The van der Waals surface area contributed by atoms with Crippen LogP contribution in [0.5, 0.6) is 0 Å². The molecule has 0 fully saturated rings. The Morgan fingerprint density at radius 1 is 0.840 bits per heavy atom. The molecule has 0 unspecified atom stereocenters. The first-order valence-electron chi connectivity index (χ1n) is 8.09. The molecule has 1 N–H and O–H groups in total. The van der Waals surface area contributed by atoms with Gasteiger partial charge in [0.05, 0.1) is 0 Å². The van der Waals surface area contributed by atoms with Gasteiger partial charge in [-0.3, -0.25) is 0 Å². The fourth-order valence-corrected chi connectivity index (χ4v) is 4.34. The maximum atomic E-state index is 12.3. The van der Waals surface area contributed by atoms with Gasteiger partial charge in [0.25, 0.3) is 0 Å². The SMILES string of the molecule is C/C(=C/C(=O)c1ccccc1)Nc1ccccc1[Se]c1ccccc1. The van der Waals surface area contributed by atoms with E-state index < -0.39 is 0 Å². The van der Waals surface area contributed by atoms with Gasteiger partial charge in [0.15, 0.2) is 0 Å². The topological polar surface area (TPSA) is 29.1 Å². The van der Waals surface area contributed by atoms with Gasteiger partial charge in [-0.05, 0) is 0 Å². The summed E-state index contributed by atoms with van der Waals surface area (Å²) < 4.78 is 2.59. The number of anilines is 1. The summed E-state index contributed by atoms with van der Waals surface area (Å²) in [4.78, 5) is 12.3. The Bertz CT molecular complexity index is 873. The van der Waals surface area contributed by atoms with Crippen LogP contribution < -0.4 is 14.2 Å². The van der Waals surface area contributed by atoms with Crippen LogP contribution in [0.3, 0.4) is 0 Å². The van der Waals surface area contributed by atoms with E-state index in [0.29, 0.717) is 5.56 Å². The molecule has 0 heterocycles. The molecule has 3 aromatic rings. The molecular weight excluding hydrogens is 373 g/mol. The summed E-state index contributed by atoms with van der Waals surface area (Å²) in [5, 5.41) is 3.39. The van der Waals surface area contributed by atoms with E-state index in [1.807, 2.05) is 49.4 Å². The molecular formula is C22H19NOSe. The Labute approximate surface area is 154 Å². The molecule has 25 heavy (non-hydrogen) atoms. The van der Waals surface area contributed by atoms with Gasteiger partial charge in [-0.1, -0.05) is 0 Å². The first kappa shape index (κ1) is 17.2. The average molecular weight is 392 g/mol. The Morgan fingerprint density at radius 2 is 1.44 bits per heavy atom. The summed E-state index contributed by atoms with van der Waals surface area (Å²) in [5.41, 5.74) is 2.59. The minimum absolute atomic E-state index is 0.0108. The van der Waals surface area contributed by atoms with Crippen molar-refractivity contribution in [1.82, 2.24) is 0 Å². The van der Waals surface area contributed by atoms with Crippen LogP contribution in [0.4, 0.5) is 5.69 Å². The van der Waals surface area contributed by atoms with E-state index in [-0.39, 0.29) is 20.7 Å². The zero-order valence-electron chi connectivity index (χ0n) is 14.0. The van der Waals surface area contributed by atoms with E-state index in [1.54, 1.807) is 6.08 Å². The van der Waals surface area contributed by atoms with E-state index in [4.69, 9.17) is 0 Å². The molecule has 3 aromatic carbocycles. The number of para-hydroxylation sites is 1. The molecule has 2 nitrogen and oxygen atoms in total. The Morgan fingerprint density at radius 3 is 2.16 bits per heavy atom. The quantitative estimate of drug-likeness (QED) is 0.395. The molecule has 0 saturated heterocycles. The van der Waals surface area contributed by atoms with Crippen molar-refractivity contribution >= 4 is 35.4 Å². The molecule has 3 rings (SSSR count). The number of hydrogen-bond donors (Lipinski definition) is 1. The van der Waals surface area contributed by atoms with Gasteiger partial charge in [-0.2, -0.15) is 0 Å². The second kappa shape index (κ2) is 8.48. The van der Waals surface area contributed by atoms with Crippen molar-refractivity contribution in [3.8, 4) is 0 Å². The summed E-state index contributed by atoms with van der Waals surface area (Å²) in [6, 6.07) is 28.1. The summed E-state index contributed by atoms with van der Waals surface area (Å²) in [6.07, 6.45) is 1.65. The molecule has 3 heteroatoms. The first-order valence-corrected chi connectivity index (χ1v) is 9.80. The second-order valence-corrected chi connectivity index (χ2v) is 7.93. The maximum absolute atomic E-state index is 12.3. The van der Waals surface area contributed by atoms with Gasteiger partial charge in [0.2, 0.25) is 0 Å². The fourth-order valence-electron chi connectivity index (χ4n) is 2.41. The van der Waals surface area contributed by atoms with Crippen LogP contribution in [0.1, 0.15) is 17.3 Å². The van der Waals surface area contributed by atoms with E-state index in [2.05, 4.69) is 47.8 Å². The van der Waals surface area contributed by atoms with Crippen LogP contribution in [0.2, 0.25) is 0 Å². The molecule has 124 valence electrons. The number of ketones is 1. The molecule has 0 spiro atoms. The third-order valence-electron chi connectivity index (χ3n) is 3.60. The van der Waals surface area contributed by atoms with Gasteiger partial charge in [-0.25, -0.2) is 0 Å². The van der Waals surface area contributed by atoms with Gasteiger partial charge >= 0.3 is 155 Å². The summed E-state index contributed by atoms with van der Waals surface area (Å²) >= 11 is 0.217. The summed E-state index contributed by atoms with van der Waals surface area (Å²) in [6.45, 7) is 1.92. The van der Waals surface area contributed by atoms with Crippen molar-refractivity contribution in [2.24, 2.45) is 0 Å². The molecule has 0 bridgehead atoms. The standard InChI is InChI=1S/C22H19NOSe/c1-17(16-21(24)18-10-4-2-5-11-18)23-20-14-8-9-15-22(20)25-19-12-6-3-7-13-19/h2-16,23H,1H3/b17-16-. The molecule has 0 atom stereocenters. The average Bonchev–Trinajstić information content (AvgIpc) is 2.65. The Balaban J connectivity index is 1.76. The second-order valence-electron chi connectivity index (χ2n) is 5.59. The van der Waals surface area contributed by atoms with Crippen molar-refractivity contribution < 1.29 is 4.79 Å². The molecule has 0 aromatic heterocycles. The Kier molecular flexibility index (Phi) is 5.84. The summed E-state index contributed by atoms with van der Waals surface area (Å²) in [7, 11) is 0. The molecule has 0 amide bonds. The van der Waals surface area contributed by atoms with E-state index in [0.717, 1.165) is 11.4 Å². The van der Waals surface area contributed by atoms with Gasteiger partial charge in [0, 0.05) is 0 Å². The van der Waals surface area contributed by atoms with Crippen molar-refractivity contribution in [2.75, 3.05) is 5.32 Å². The number of allylic oxidation sites excluding steroid dienone is 2. The number of benzene rings is 3. The van der Waals surface area contributed by atoms with Crippen molar-refractivity contribution in [1.29, 1.82) is 0 Å². The number of hydrogen-bond acceptors (Lipinski definition) is 2. The molecule has 0 saturated carbocycles. The predicted molar refractivity (Wildman–Crippen MR) is 106 cm³/mol. The molecule has 0 aliphatic heterocycles. The van der Waals surface area contributed by atoms with Gasteiger partial charge < -0.3 is 0 Å². The molecule has 0 radical (unpaired) electrons. The number of carbonyl (C=O) groups excluding carboxylic acids is 1. The van der Waals surface area contributed by atoms with Crippen LogP contribution >= 0.6 is 0 Å². The fraction of sp³-hybridized carbons (Fsp3) is 0.0455. The third kappa shape index (κ3) is 4.93. The number of nitrogens with one attached hydrogen (secondary N) is 1. The van der Waals surface area contributed by atoms with Crippen LogP contribution in [0.15, 0.2) is 96.7 Å². The van der Waals surface area contributed by atoms with E-state index in [9.17, 15) is 4.79 Å². The number of rotatable bonds is 6. The molecule has 0 aliphatic rings. The van der Waals surface area contributed by atoms with Crippen molar-refractivity contribution in [3.05, 3.63) is 102 Å². The zero-order chi connectivity index (χ0) is 17.5. The van der Waals surface area contributed by atoms with Crippen LogP contribution in [0, 0.1) is 0 Å². The Hall–Kier alpha value is -2.61. The van der Waals surface area contributed by atoms with E-state index >= 15 is 0 Å². The minimum atomic E-state index is 0.0108. The zero-order valence-corrected chi connectivity index (χ0v) is 15.7. The van der Waals surface area contributed by atoms with Crippen LogP contribution in [-0.4, -0.2) is 20.7 Å². The monoisotopic (exact) mass is 393 g/mol.